The summed E-state index contributed by atoms with van der Waals surface area (Å²) in [6.07, 6.45) is 2.39. The summed E-state index contributed by atoms with van der Waals surface area (Å²) in [5.74, 6) is 0.210. The number of carbonyl (C=O) groups excluding carboxylic acids is 1. The van der Waals surface area contributed by atoms with Crippen LogP contribution in [0.1, 0.15) is 40.2 Å². The SMILES string of the molecule is Cc1cc2c(n1-c1cc(Br)ccc1C#N)CCCC2=O. The summed E-state index contributed by atoms with van der Waals surface area (Å²) in [6.45, 7) is 1.98. The van der Waals surface area contributed by atoms with Crippen LogP contribution in [0.15, 0.2) is 28.7 Å². The van der Waals surface area contributed by atoms with Gasteiger partial charge in [0.2, 0.25) is 0 Å². The van der Waals surface area contributed by atoms with Crippen LogP contribution in [0.3, 0.4) is 0 Å². The maximum Gasteiger partial charge on any atom is 0.164 e. The highest BCUT2D eigenvalue weighted by molar-refractivity contribution is 9.10. The fourth-order valence-electron chi connectivity index (χ4n) is 2.85. The molecule has 0 fully saturated rings. The van der Waals surface area contributed by atoms with Crippen molar-refractivity contribution in [1.82, 2.24) is 4.57 Å². The molecule has 1 aliphatic rings. The van der Waals surface area contributed by atoms with Crippen LogP contribution in [0.2, 0.25) is 0 Å². The lowest BCUT2D eigenvalue weighted by Gasteiger charge is -2.17. The van der Waals surface area contributed by atoms with Gasteiger partial charge in [0.15, 0.2) is 5.78 Å². The molecule has 20 heavy (non-hydrogen) atoms. The van der Waals surface area contributed by atoms with E-state index in [-0.39, 0.29) is 5.78 Å². The topological polar surface area (TPSA) is 45.8 Å². The lowest BCUT2D eigenvalue weighted by molar-refractivity contribution is 0.0972. The number of rotatable bonds is 1. The highest BCUT2D eigenvalue weighted by atomic mass is 79.9. The van der Waals surface area contributed by atoms with Crippen molar-refractivity contribution in [1.29, 1.82) is 5.26 Å². The van der Waals surface area contributed by atoms with E-state index in [1.165, 1.54) is 0 Å². The summed E-state index contributed by atoms with van der Waals surface area (Å²) in [6, 6.07) is 9.77. The number of aromatic nitrogens is 1. The lowest BCUT2D eigenvalue weighted by Crippen LogP contribution is -2.13. The Kier molecular flexibility index (Phi) is 3.23. The normalized spacial score (nSPS) is 13.9. The summed E-state index contributed by atoms with van der Waals surface area (Å²) in [5.41, 5.74) is 4.31. The van der Waals surface area contributed by atoms with Crippen molar-refractivity contribution in [3.05, 3.63) is 51.3 Å². The minimum Gasteiger partial charge on any atom is -0.316 e. The lowest BCUT2D eigenvalue weighted by atomic mass is 9.96. The maximum absolute atomic E-state index is 12.0. The second-order valence-corrected chi connectivity index (χ2v) is 5.95. The van der Waals surface area contributed by atoms with Gasteiger partial charge in [-0.1, -0.05) is 15.9 Å². The first-order valence-corrected chi connectivity index (χ1v) is 7.35. The van der Waals surface area contributed by atoms with Crippen molar-refractivity contribution in [2.24, 2.45) is 0 Å². The molecule has 2 aromatic rings. The average Bonchev–Trinajstić information content (AvgIpc) is 2.76. The number of carbonyl (C=O) groups is 1. The average molecular weight is 329 g/mol. The first-order valence-electron chi connectivity index (χ1n) is 6.56. The molecule has 3 rings (SSSR count). The summed E-state index contributed by atoms with van der Waals surface area (Å²) in [4.78, 5) is 12.0. The van der Waals surface area contributed by atoms with Crippen molar-refractivity contribution in [3.8, 4) is 11.8 Å². The van der Waals surface area contributed by atoms with Crippen LogP contribution in [0.25, 0.3) is 5.69 Å². The highest BCUT2D eigenvalue weighted by Gasteiger charge is 2.24. The third-order valence-corrected chi connectivity index (χ3v) is 4.22. The Morgan fingerprint density at radius 3 is 2.85 bits per heavy atom. The summed E-state index contributed by atoms with van der Waals surface area (Å²) >= 11 is 3.45. The van der Waals surface area contributed by atoms with Crippen molar-refractivity contribution in [2.45, 2.75) is 26.2 Å². The first kappa shape index (κ1) is 13.1. The monoisotopic (exact) mass is 328 g/mol. The van der Waals surface area contributed by atoms with Crippen molar-refractivity contribution >= 4 is 21.7 Å². The third-order valence-electron chi connectivity index (χ3n) is 3.73. The highest BCUT2D eigenvalue weighted by Crippen LogP contribution is 2.30. The van der Waals surface area contributed by atoms with Gasteiger partial charge in [-0.05, 0) is 44.0 Å². The van der Waals surface area contributed by atoms with Gasteiger partial charge in [0, 0.05) is 27.8 Å². The molecule has 0 unspecified atom stereocenters. The van der Waals surface area contributed by atoms with Crippen molar-refractivity contribution in [3.63, 3.8) is 0 Å². The van der Waals surface area contributed by atoms with E-state index >= 15 is 0 Å². The minimum absolute atomic E-state index is 0.210. The molecule has 1 aromatic carbocycles. The van der Waals surface area contributed by atoms with Gasteiger partial charge in [0.05, 0.1) is 11.3 Å². The van der Waals surface area contributed by atoms with E-state index < -0.39 is 0 Å². The van der Waals surface area contributed by atoms with E-state index in [9.17, 15) is 10.1 Å². The van der Waals surface area contributed by atoms with Crippen LogP contribution in [0, 0.1) is 18.3 Å². The number of fused-ring (bicyclic) bond motifs is 1. The number of aryl methyl sites for hydroxylation is 1. The minimum atomic E-state index is 0.210. The van der Waals surface area contributed by atoms with Crippen LogP contribution in [0.4, 0.5) is 0 Å². The van der Waals surface area contributed by atoms with E-state index in [1.807, 2.05) is 25.1 Å². The number of hydrogen-bond donors (Lipinski definition) is 0. The predicted molar refractivity (Wildman–Crippen MR) is 80.2 cm³/mol. The molecule has 4 heteroatoms. The van der Waals surface area contributed by atoms with E-state index in [2.05, 4.69) is 26.6 Å². The van der Waals surface area contributed by atoms with Crippen LogP contribution in [-0.2, 0) is 6.42 Å². The van der Waals surface area contributed by atoms with E-state index in [1.54, 1.807) is 6.07 Å². The number of hydrogen-bond acceptors (Lipinski definition) is 2. The van der Waals surface area contributed by atoms with E-state index in [0.29, 0.717) is 12.0 Å². The standard InChI is InChI=1S/C16H13BrN2O/c1-10-7-13-14(3-2-4-16(13)20)19(10)15-8-12(17)6-5-11(15)9-18/h5-8H,2-4H2,1H3. The predicted octanol–water partition coefficient (Wildman–Crippen LogP) is 3.94. The van der Waals surface area contributed by atoms with Gasteiger partial charge in [-0.2, -0.15) is 5.26 Å². The summed E-state index contributed by atoms with van der Waals surface area (Å²) in [5, 5.41) is 9.31. The Balaban J connectivity index is 2.29. The second-order valence-electron chi connectivity index (χ2n) is 5.03. The molecule has 1 heterocycles. The van der Waals surface area contributed by atoms with Crippen molar-refractivity contribution < 1.29 is 4.79 Å². The molecule has 0 bridgehead atoms. The number of Topliss-reactive ketones (excluding diaryl/α,β-unsaturated/α-hetero) is 1. The van der Waals surface area contributed by atoms with Gasteiger partial charge in [-0.25, -0.2) is 0 Å². The molecule has 0 aliphatic heterocycles. The van der Waals surface area contributed by atoms with E-state index in [0.717, 1.165) is 40.0 Å². The number of nitrogens with zero attached hydrogens (tertiary/aromatic N) is 2. The molecule has 0 saturated carbocycles. The Morgan fingerprint density at radius 2 is 2.10 bits per heavy atom. The van der Waals surface area contributed by atoms with Crippen LogP contribution < -0.4 is 0 Å². The largest absolute Gasteiger partial charge is 0.316 e. The Hall–Kier alpha value is -1.86. The fourth-order valence-corrected chi connectivity index (χ4v) is 3.20. The Labute approximate surface area is 126 Å². The molecular formula is C16H13BrN2O. The summed E-state index contributed by atoms with van der Waals surface area (Å²) < 4.78 is 2.98. The quantitative estimate of drug-likeness (QED) is 0.795. The fraction of sp³-hybridized carbons (Fsp3) is 0.250. The van der Waals surface area contributed by atoms with Gasteiger partial charge in [0.1, 0.15) is 6.07 Å². The van der Waals surface area contributed by atoms with Crippen LogP contribution >= 0.6 is 15.9 Å². The zero-order valence-corrected chi connectivity index (χ0v) is 12.7. The number of benzene rings is 1. The molecule has 1 aromatic heterocycles. The number of ketones is 1. The molecule has 1 aliphatic carbocycles. The third kappa shape index (κ3) is 1.99. The molecular weight excluding hydrogens is 316 g/mol. The number of nitriles is 1. The molecule has 100 valence electrons. The van der Waals surface area contributed by atoms with Gasteiger partial charge in [-0.3, -0.25) is 4.79 Å². The molecule has 3 nitrogen and oxygen atoms in total. The van der Waals surface area contributed by atoms with E-state index in [4.69, 9.17) is 0 Å². The smallest absolute Gasteiger partial charge is 0.164 e. The zero-order chi connectivity index (χ0) is 14.3. The molecule has 0 radical (unpaired) electrons. The van der Waals surface area contributed by atoms with Gasteiger partial charge in [-0.15, -0.1) is 0 Å². The Bertz CT molecular complexity index is 753. The summed E-state index contributed by atoms with van der Waals surface area (Å²) in [7, 11) is 0. The zero-order valence-electron chi connectivity index (χ0n) is 11.1. The maximum atomic E-state index is 12.0. The molecule has 0 spiro atoms. The molecule has 0 atom stereocenters. The first-order chi connectivity index (χ1) is 9.61. The van der Waals surface area contributed by atoms with Gasteiger partial charge in [0.25, 0.3) is 0 Å². The van der Waals surface area contributed by atoms with Gasteiger partial charge >= 0.3 is 0 Å². The molecule has 0 amide bonds. The number of halogens is 1. The van der Waals surface area contributed by atoms with Gasteiger partial charge < -0.3 is 4.57 Å². The Morgan fingerprint density at radius 1 is 1.30 bits per heavy atom. The van der Waals surface area contributed by atoms with Crippen molar-refractivity contribution in [2.75, 3.05) is 0 Å². The molecule has 0 saturated heterocycles. The molecule has 0 N–H and O–H groups in total. The second kappa shape index (κ2) is 4.92. The van der Waals surface area contributed by atoms with Crippen LogP contribution in [0.5, 0.6) is 0 Å². The van der Waals surface area contributed by atoms with Crippen LogP contribution in [-0.4, -0.2) is 10.4 Å².